The first-order chi connectivity index (χ1) is 5.77. The molecule has 0 heterocycles. The molecule has 0 amide bonds. The number of rotatable bonds is 2. The van der Waals surface area contributed by atoms with E-state index in [1.54, 1.807) is 0 Å². The predicted molar refractivity (Wildman–Crippen MR) is 47.3 cm³/mol. The molecule has 0 bridgehead atoms. The minimum atomic E-state index is 0.118. The zero-order valence-electron chi connectivity index (χ0n) is 6.96. The largest absolute Gasteiger partial charge is 0.328 e. The summed E-state index contributed by atoms with van der Waals surface area (Å²) >= 11 is 0. The second-order valence-corrected chi connectivity index (χ2v) is 3.27. The summed E-state index contributed by atoms with van der Waals surface area (Å²) in [6, 6.07) is 0.257. The van der Waals surface area contributed by atoms with Crippen LogP contribution in [0.1, 0.15) is 25.7 Å². The van der Waals surface area contributed by atoms with Crippen molar-refractivity contribution in [1.82, 2.24) is 0 Å². The number of nitrogens with zero attached hydrogens (tertiary/aromatic N) is 1. The second kappa shape index (κ2) is 4.30. The zero-order chi connectivity index (χ0) is 8.97. The lowest BCUT2D eigenvalue weighted by Crippen LogP contribution is -2.30. The van der Waals surface area contributed by atoms with Gasteiger partial charge in [0.05, 0.1) is 5.71 Å². The maximum Gasteiger partial charge on any atom is 0.0939 e. The minimum absolute atomic E-state index is 0.118. The van der Waals surface area contributed by atoms with E-state index in [2.05, 4.69) is 5.21 Å². The highest BCUT2D eigenvalue weighted by atomic mass is 19.2. The average Bonchev–Trinajstić information content (AvgIpc) is 2.10. The molecule has 0 aromatic rings. The molecule has 0 unspecified atom stereocenters. The van der Waals surface area contributed by atoms with Gasteiger partial charge < -0.3 is 11.1 Å². The molecule has 0 aromatic heterocycles. The summed E-state index contributed by atoms with van der Waals surface area (Å²) in [7, 11) is 0. The highest BCUT2D eigenvalue weighted by Gasteiger charge is 2.21. The fourth-order valence-corrected chi connectivity index (χ4v) is 1.63. The van der Waals surface area contributed by atoms with Gasteiger partial charge in [-0.05, 0) is 25.7 Å². The number of nitrogens with one attached hydrogen (secondary N) is 1. The van der Waals surface area contributed by atoms with E-state index in [0.717, 1.165) is 31.9 Å². The first-order valence-electron chi connectivity index (χ1n) is 4.22. The van der Waals surface area contributed by atoms with Crippen LogP contribution in [0.3, 0.4) is 0 Å². The topological polar surface area (TPSA) is 62.2 Å². The highest BCUT2D eigenvalue weighted by Crippen LogP contribution is 2.23. The Bertz CT molecular complexity index is 183. The molecule has 1 saturated carbocycles. The molecule has 1 aliphatic rings. The molecule has 0 aromatic carbocycles. The van der Waals surface area contributed by atoms with Crippen LogP contribution in [-0.4, -0.2) is 18.0 Å². The Morgan fingerprint density at radius 2 is 2.00 bits per heavy atom. The number of hydrogen-bond acceptors (Lipinski definition) is 3. The van der Waals surface area contributed by atoms with Crippen LogP contribution in [-0.2, 0) is 0 Å². The molecular formula is C8H14FN3. The number of halogens is 1. The van der Waals surface area contributed by atoms with Gasteiger partial charge in [0.15, 0.2) is 0 Å². The van der Waals surface area contributed by atoms with Crippen LogP contribution in [0.5, 0.6) is 0 Å². The Balaban J connectivity index is 2.48. The van der Waals surface area contributed by atoms with Crippen LogP contribution in [0.4, 0.5) is 4.48 Å². The van der Waals surface area contributed by atoms with Crippen molar-refractivity contribution in [3.63, 3.8) is 0 Å². The van der Waals surface area contributed by atoms with Crippen molar-refractivity contribution in [2.45, 2.75) is 31.7 Å². The van der Waals surface area contributed by atoms with Gasteiger partial charge in [0.2, 0.25) is 0 Å². The highest BCUT2D eigenvalue weighted by molar-refractivity contribution is 6.30. The first-order valence-corrected chi connectivity index (χ1v) is 4.22. The van der Waals surface area contributed by atoms with Crippen molar-refractivity contribution < 1.29 is 4.48 Å². The molecule has 1 aliphatic carbocycles. The number of hydrogen-bond donors (Lipinski definition) is 2. The van der Waals surface area contributed by atoms with Crippen molar-refractivity contribution >= 4 is 11.9 Å². The summed E-state index contributed by atoms with van der Waals surface area (Å²) in [5.74, 6) is 0.118. The maximum atomic E-state index is 11.9. The quantitative estimate of drug-likeness (QED) is 0.607. The van der Waals surface area contributed by atoms with Crippen molar-refractivity contribution in [1.29, 1.82) is 5.41 Å². The van der Waals surface area contributed by atoms with Crippen molar-refractivity contribution in [3.8, 4) is 0 Å². The Hall–Kier alpha value is -0.770. The van der Waals surface area contributed by atoms with Gasteiger partial charge in [0, 0.05) is 18.2 Å². The Morgan fingerprint density at radius 3 is 2.42 bits per heavy atom. The summed E-state index contributed by atoms with van der Waals surface area (Å²) in [6.45, 7) is 0. The van der Waals surface area contributed by atoms with Crippen LogP contribution >= 0.6 is 0 Å². The van der Waals surface area contributed by atoms with Gasteiger partial charge in [-0.1, -0.05) is 9.70 Å². The molecule has 0 radical (unpaired) electrons. The molecule has 1 rings (SSSR count). The van der Waals surface area contributed by atoms with Crippen LogP contribution in [0.2, 0.25) is 0 Å². The molecule has 3 nitrogen and oxygen atoms in total. The Morgan fingerprint density at radius 1 is 1.42 bits per heavy atom. The molecule has 12 heavy (non-hydrogen) atoms. The van der Waals surface area contributed by atoms with Gasteiger partial charge in [-0.15, -0.1) is 0 Å². The Labute approximate surface area is 71.3 Å². The smallest absolute Gasteiger partial charge is 0.0939 e. The summed E-state index contributed by atoms with van der Waals surface area (Å²) in [5, 5.41) is 9.51. The summed E-state index contributed by atoms with van der Waals surface area (Å²) < 4.78 is 11.9. The molecule has 3 N–H and O–H groups in total. The normalized spacial score (nSPS) is 31.7. The van der Waals surface area contributed by atoms with Gasteiger partial charge in [-0.25, -0.2) is 0 Å². The lowest BCUT2D eigenvalue weighted by Gasteiger charge is -2.24. The van der Waals surface area contributed by atoms with Gasteiger partial charge in [0.25, 0.3) is 0 Å². The third-order valence-corrected chi connectivity index (χ3v) is 2.44. The van der Waals surface area contributed by atoms with Gasteiger partial charge in [-0.3, -0.25) is 0 Å². The van der Waals surface area contributed by atoms with Crippen LogP contribution in [0.15, 0.2) is 5.21 Å². The molecule has 0 aliphatic heterocycles. The fourth-order valence-electron chi connectivity index (χ4n) is 1.63. The third kappa shape index (κ3) is 2.11. The number of nitrogens with two attached hydrogens (primary N) is 1. The SMILES string of the molecule is N=C/C(=N\F)C1CCC(N)CC1. The molecule has 0 spiro atoms. The maximum absolute atomic E-state index is 11.9. The van der Waals surface area contributed by atoms with Crippen LogP contribution in [0, 0.1) is 11.3 Å². The monoisotopic (exact) mass is 171 g/mol. The standard InChI is InChI=1S/C8H14FN3/c9-12-8(5-10)6-1-3-7(11)4-2-6/h5-7,10H,1-4,11H2/b10-5?,12-8+. The van der Waals surface area contributed by atoms with E-state index < -0.39 is 0 Å². The minimum Gasteiger partial charge on any atom is -0.328 e. The van der Waals surface area contributed by atoms with Crippen LogP contribution in [0.25, 0.3) is 0 Å². The molecule has 68 valence electrons. The van der Waals surface area contributed by atoms with Gasteiger partial charge in [-0.2, -0.15) is 0 Å². The summed E-state index contributed by atoms with van der Waals surface area (Å²) in [6.07, 6.45) is 4.55. The van der Waals surface area contributed by atoms with E-state index in [-0.39, 0.29) is 17.7 Å². The van der Waals surface area contributed by atoms with E-state index >= 15 is 0 Å². The third-order valence-electron chi connectivity index (χ3n) is 2.44. The van der Waals surface area contributed by atoms with Crippen molar-refractivity contribution in [2.24, 2.45) is 16.9 Å². The summed E-state index contributed by atoms with van der Waals surface area (Å²) in [4.78, 5) is 0. The van der Waals surface area contributed by atoms with E-state index in [1.165, 1.54) is 0 Å². The molecule has 0 saturated heterocycles. The lowest BCUT2D eigenvalue weighted by atomic mass is 9.84. The predicted octanol–water partition coefficient (Wildman–Crippen LogP) is 1.48. The van der Waals surface area contributed by atoms with Crippen molar-refractivity contribution in [2.75, 3.05) is 0 Å². The van der Waals surface area contributed by atoms with E-state index in [9.17, 15) is 4.48 Å². The van der Waals surface area contributed by atoms with E-state index in [1.807, 2.05) is 0 Å². The Kier molecular flexibility index (Phi) is 3.34. The second-order valence-electron chi connectivity index (χ2n) is 3.27. The average molecular weight is 171 g/mol. The fraction of sp³-hybridized carbons (Fsp3) is 0.750. The van der Waals surface area contributed by atoms with Gasteiger partial charge in [0.1, 0.15) is 0 Å². The summed E-state index contributed by atoms with van der Waals surface area (Å²) in [5.41, 5.74) is 5.95. The van der Waals surface area contributed by atoms with Gasteiger partial charge >= 0.3 is 0 Å². The zero-order valence-corrected chi connectivity index (χ0v) is 6.96. The molecule has 4 heteroatoms. The van der Waals surface area contributed by atoms with E-state index in [4.69, 9.17) is 11.1 Å². The lowest BCUT2D eigenvalue weighted by molar-refractivity contribution is 0.387. The molecule has 0 atom stereocenters. The molecular weight excluding hydrogens is 157 g/mol. The van der Waals surface area contributed by atoms with Crippen molar-refractivity contribution in [3.05, 3.63) is 0 Å². The van der Waals surface area contributed by atoms with E-state index in [0.29, 0.717) is 0 Å². The van der Waals surface area contributed by atoms with Crippen LogP contribution < -0.4 is 5.73 Å². The first kappa shape index (κ1) is 9.32. The molecule has 1 fully saturated rings.